The van der Waals surface area contributed by atoms with Gasteiger partial charge in [-0.25, -0.2) is 8.42 Å². The van der Waals surface area contributed by atoms with Gasteiger partial charge < -0.3 is 9.64 Å². The highest BCUT2D eigenvalue weighted by Crippen LogP contribution is 2.31. The zero-order chi connectivity index (χ0) is 16.3. The second kappa shape index (κ2) is 7.14. The van der Waals surface area contributed by atoms with Crippen molar-refractivity contribution >= 4 is 39.1 Å². The molecule has 1 amide bonds. The number of amides is 1. The number of halogens is 2. The van der Waals surface area contributed by atoms with Crippen molar-refractivity contribution in [3.8, 4) is 0 Å². The molecule has 1 heterocycles. The van der Waals surface area contributed by atoms with E-state index in [1.807, 2.05) is 0 Å². The van der Waals surface area contributed by atoms with Crippen LogP contribution in [-0.2, 0) is 19.6 Å². The van der Waals surface area contributed by atoms with E-state index in [-0.39, 0.29) is 40.5 Å². The molecule has 1 aliphatic rings. The summed E-state index contributed by atoms with van der Waals surface area (Å²) in [4.78, 5) is 13.3. The van der Waals surface area contributed by atoms with Crippen LogP contribution in [0.4, 0.5) is 0 Å². The fourth-order valence-corrected chi connectivity index (χ4v) is 4.37. The van der Waals surface area contributed by atoms with Gasteiger partial charge in [0.15, 0.2) is 0 Å². The van der Waals surface area contributed by atoms with Crippen LogP contribution in [-0.4, -0.2) is 63.4 Å². The fraction of sp³-hybridized carbons (Fsp3) is 0.462. The molecule has 0 atom stereocenters. The van der Waals surface area contributed by atoms with E-state index in [9.17, 15) is 13.2 Å². The van der Waals surface area contributed by atoms with Crippen molar-refractivity contribution in [3.63, 3.8) is 0 Å². The minimum absolute atomic E-state index is 0.00707. The van der Waals surface area contributed by atoms with Crippen LogP contribution >= 0.6 is 23.2 Å². The summed E-state index contributed by atoms with van der Waals surface area (Å²) in [5, 5.41) is 0.207. The Balaban J connectivity index is 2.13. The number of carbonyl (C=O) groups is 1. The average molecular weight is 367 g/mol. The molecule has 0 spiro atoms. The Bertz CT molecular complexity index is 658. The molecule has 1 saturated heterocycles. The first kappa shape index (κ1) is 17.5. The lowest BCUT2D eigenvalue weighted by Gasteiger charge is -2.34. The van der Waals surface area contributed by atoms with Crippen molar-refractivity contribution in [1.82, 2.24) is 9.21 Å². The maximum atomic E-state index is 12.6. The molecule has 9 heteroatoms. The topological polar surface area (TPSA) is 66.9 Å². The summed E-state index contributed by atoms with van der Waals surface area (Å²) in [7, 11) is -2.28. The molecule has 1 aromatic carbocycles. The van der Waals surface area contributed by atoms with E-state index in [4.69, 9.17) is 27.9 Å². The second-order valence-corrected chi connectivity index (χ2v) is 7.46. The highest BCUT2D eigenvalue weighted by atomic mass is 35.5. The van der Waals surface area contributed by atoms with E-state index in [1.54, 1.807) is 11.0 Å². The van der Waals surface area contributed by atoms with Gasteiger partial charge in [0.25, 0.3) is 0 Å². The van der Waals surface area contributed by atoms with E-state index in [0.717, 1.165) is 0 Å². The number of ether oxygens (including phenoxy) is 1. The molecule has 0 radical (unpaired) electrons. The molecule has 0 saturated carbocycles. The Hall–Kier alpha value is -0.860. The first-order valence-corrected chi connectivity index (χ1v) is 8.78. The second-order valence-electron chi connectivity index (χ2n) is 4.77. The van der Waals surface area contributed by atoms with Gasteiger partial charge in [0.2, 0.25) is 15.9 Å². The van der Waals surface area contributed by atoms with Gasteiger partial charge in [0, 0.05) is 33.3 Å². The molecular weight excluding hydrogens is 351 g/mol. The molecule has 22 heavy (non-hydrogen) atoms. The van der Waals surface area contributed by atoms with Gasteiger partial charge in [0.1, 0.15) is 11.5 Å². The number of benzene rings is 1. The predicted octanol–water partition coefficient (Wildman–Crippen LogP) is 1.47. The number of nitrogens with zero attached hydrogens (tertiary/aromatic N) is 2. The van der Waals surface area contributed by atoms with Crippen LogP contribution in [0.3, 0.4) is 0 Å². The van der Waals surface area contributed by atoms with Crippen LogP contribution in [0.5, 0.6) is 0 Å². The summed E-state index contributed by atoms with van der Waals surface area (Å²) >= 11 is 11.9. The maximum Gasteiger partial charge on any atom is 0.248 e. The van der Waals surface area contributed by atoms with Gasteiger partial charge >= 0.3 is 0 Å². The SMILES string of the molecule is COCC(=O)N1CCN(S(=O)(=O)c2cccc(Cl)c2Cl)CC1. The minimum Gasteiger partial charge on any atom is -0.375 e. The van der Waals surface area contributed by atoms with Gasteiger partial charge in [-0.05, 0) is 12.1 Å². The molecular formula is C13H16Cl2N2O4S. The summed E-state index contributed by atoms with van der Waals surface area (Å²) in [6, 6.07) is 4.50. The first-order chi connectivity index (χ1) is 10.4. The lowest BCUT2D eigenvalue weighted by molar-refractivity contribution is -0.136. The molecule has 0 N–H and O–H groups in total. The molecule has 0 bridgehead atoms. The zero-order valence-corrected chi connectivity index (χ0v) is 14.3. The average Bonchev–Trinajstić information content (AvgIpc) is 2.50. The molecule has 2 rings (SSSR count). The summed E-state index contributed by atoms with van der Waals surface area (Å²) in [6.45, 7) is 1.05. The highest BCUT2D eigenvalue weighted by Gasteiger charge is 2.31. The number of rotatable bonds is 4. The van der Waals surface area contributed by atoms with Crippen LogP contribution in [0.1, 0.15) is 0 Å². The Labute approximate surface area is 139 Å². The maximum absolute atomic E-state index is 12.6. The van der Waals surface area contributed by atoms with Crippen molar-refractivity contribution < 1.29 is 17.9 Å². The van der Waals surface area contributed by atoms with E-state index >= 15 is 0 Å². The quantitative estimate of drug-likeness (QED) is 0.809. The Morgan fingerprint density at radius 3 is 2.45 bits per heavy atom. The number of carbonyl (C=O) groups excluding carboxylic acids is 1. The number of hydrogen-bond donors (Lipinski definition) is 0. The molecule has 122 valence electrons. The molecule has 1 aliphatic heterocycles. The normalized spacial score (nSPS) is 16.8. The van der Waals surface area contributed by atoms with Crippen molar-refractivity contribution in [2.75, 3.05) is 39.9 Å². The number of piperazine rings is 1. The summed E-state index contributed by atoms with van der Waals surface area (Å²) < 4.78 is 31.3. The highest BCUT2D eigenvalue weighted by molar-refractivity contribution is 7.89. The third-order valence-electron chi connectivity index (χ3n) is 3.39. The van der Waals surface area contributed by atoms with Gasteiger partial charge in [0.05, 0.1) is 10.0 Å². The third kappa shape index (κ3) is 3.55. The van der Waals surface area contributed by atoms with Crippen LogP contribution in [0.15, 0.2) is 23.1 Å². The lowest BCUT2D eigenvalue weighted by atomic mass is 10.3. The minimum atomic E-state index is -3.73. The molecule has 0 unspecified atom stereocenters. The lowest BCUT2D eigenvalue weighted by Crippen LogP contribution is -2.51. The van der Waals surface area contributed by atoms with Gasteiger partial charge in [-0.2, -0.15) is 4.31 Å². The zero-order valence-electron chi connectivity index (χ0n) is 12.0. The van der Waals surface area contributed by atoms with E-state index in [1.165, 1.54) is 23.5 Å². The standard InChI is InChI=1S/C13H16Cl2N2O4S/c1-21-9-12(18)16-5-7-17(8-6-16)22(19,20)11-4-2-3-10(14)13(11)15/h2-4H,5-9H2,1H3. The monoisotopic (exact) mass is 366 g/mol. The van der Waals surface area contributed by atoms with Crippen LogP contribution in [0.2, 0.25) is 10.0 Å². The van der Waals surface area contributed by atoms with Gasteiger partial charge in [-0.3, -0.25) is 4.79 Å². The Morgan fingerprint density at radius 2 is 1.86 bits per heavy atom. The van der Waals surface area contributed by atoms with Crippen molar-refractivity contribution in [3.05, 3.63) is 28.2 Å². The van der Waals surface area contributed by atoms with Crippen molar-refractivity contribution in [2.24, 2.45) is 0 Å². The van der Waals surface area contributed by atoms with Crippen LogP contribution in [0, 0.1) is 0 Å². The van der Waals surface area contributed by atoms with Crippen LogP contribution < -0.4 is 0 Å². The van der Waals surface area contributed by atoms with Crippen molar-refractivity contribution in [2.45, 2.75) is 4.90 Å². The predicted molar refractivity (Wildman–Crippen MR) is 83.7 cm³/mol. The summed E-state index contributed by atoms with van der Waals surface area (Å²) in [6.07, 6.45) is 0. The molecule has 0 aromatic heterocycles. The molecule has 1 fully saturated rings. The Kier molecular flexibility index (Phi) is 5.68. The third-order valence-corrected chi connectivity index (χ3v) is 6.27. The van der Waals surface area contributed by atoms with Crippen molar-refractivity contribution in [1.29, 1.82) is 0 Å². The number of methoxy groups -OCH3 is 1. The summed E-state index contributed by atoms with van der Waals surface area (Å²) in [5.41, 5.74) is 0. The molecule has 0 aliphatic carbocycles. The van der Waals surface area contributed by atoms with Gasteiger partial charge in [-0.15, -0.1) is 0 Å². The number of sulfonamides is 1. The molecule has 6 nitrogen and oxygen atoms in total. The Morgan fingerprint density at radius 1 is 1.23 bits per heavy atom. The molecule has 1 aromatic rings. The van der Waals surface area contributed by atoms with E-state index in [2.05, 4.69) is 0 Å². The first-order valence-electron chi connectivity index (χ1n) is 6.59. The van der Waals surface area contributed by atoms with Crippen LogP contribution in [0.25, 0.3) is 0 Å². The van der Waals surface area contributed by atoms with Gasteiger partial charge in [-0.1, -0.05) is 29.3 Å². The summed E-state index contributed by atoms with van der Waals surface area (Å²) in [5.74, 6) is -0.152. The van der Waals surface area contributed by atoms with E-state index < -0.39 is 10.0 Å². The van der Waals surface area contributed by atoms with E-state index in [0.29, 0.717) is 13.1 Å². The number of hydrogen-bond acceptors (Lipinski definition) is 4. The smallest absolute Gasteiger partial charge is 0.248 e. The fourth-order valence-electron chi connectivity index (χ4n) is 2.21. The largest absolute Gasteiger partial charge is 0.375 e.